The molecule has 1 amide bonds. The average Bonchev–Trinajstić information content (AvgIpc) is 4.37. The quantitative estimate of drug-likeness (QED) is 0.0438. The Morgan fingerprint density at radius 3 is 2.60 bits per heavy atom. The second-order valence-corrected chi connectivity index (χ2v) is 24.2. The summed E-state index contributed by atoms with van der Waals surface area (Å²) < 4.78 is 31.6. The number of aliphatic hydroxyl groups is 1. The van der Waals surface area contributed by atoms with Gasteiger partial charge in [0.05, 0.1) is 36.0 Å². The van der Waals surface area contributed by atoms with E-state index >= 15 is 4.39 Å². The van der Waals surface area contributed by atoms with Crippen molar-refractivity contribution < 1.29 is 33.5 Å². The molecule has 0 saturated carbocycles. The molecule has 7 N–H and O–H groups in total. The fraction of sp³-hybridized carbons (Fsp3) is 0.500. The van der Waals surface area contributed by atoms with Crippen molar-refractivity contribution in [3.8, 4) is 34.3 Å². The van der Waals surface area contributed by atoms with Gasteiger partial charge in [-0.15, -0.1) is 0 Å². The van der Waals surface area contributed by atoms with E-state index in [1.165, 1.54) is 0 Å². The van der Waals surface area contributed by atoms with Crippen molar-refractivity contribution in [3.63, 3.8) is 0 Å². The van der Waals surface area contributed by atoms with Gasteiger partial charge < -0.3 is 50.5 Å². The minimum atomic E-state index is -1.63. The Labute approximate surface area is 477 Å². The number of Topliss-reactive ketones (excluding diaryl/α,β-unsaturated/α-hetero) is 1. The molecule has 432 valence electrons. The number of carbonyl (C=O) groups excluding carboxylic acids is 2. The van der Waals surface area contributed by atoms with E-state index in [1.807, 2.05) is 76.3 Å². The maximum Gasteiger partial charge on any atom is 0.319 e. The number of phenolic OH excluding ortho intramolecular Hbond substituents is 1. The highest BCUT2D eigenvalue weighted by Crippen LogP contribution is 2.42. The van der Waals surface area contributed by atoms with Crippen molar-refractivity contribution >= 4 is 44.9 Å². The second-order valence-electron chi connectivity index (χ2n) is 24.2. The highest BCUT2D eigenvalue weighted by Gasteiger charge is 2.53. The van der Waals surface area contributed by atoms with Gasteiger partial charge in [-0.1, -0.05) is 68.4 Å². The number of rotatable bonds is 18. The van der Waals surface area contributed by atoms with Crippen molar-refractivity contribution in [2.75, 3.05) is 62.2 Å². The van der Waals surface area contributed by atoms with Crippen LogP contribution in [0.25, 0.3) is 44.2 Å². The van der Waals surface area contributed by atoms with E-state index in [-0.39, 0.29) is 60.2 Å². The molecule has 5 aliphatic rings. The van der Waals surface area contributed by atoms with Gasteiger partial charge in [-0.2, -0.15) is 15.1 Å². The Morgan fingerprint density at radius 2 is 1.84 bits per heavy atom. The standard InChI is InChI=1S/C62H76FN13O6/c1-6-38-8-7-9-41-26-46(77)27-48(53(38)41)55-54(63)56-49(32-66-55)58(75-34-43-14-15-44(35-75)71-43)73-60(72-56)81-23-18-42-24-37(16-19-65-42)25-45-30-64-21-22-76(45)51-33-69-82-57(51)61(3,4)29-52(79)62(28-47(78)31-67-62)59(80)70-36(2)39-10-12-40(13-11-39)50-17-20-68-74(50)5/h7-13,17,20,26-27,32-33,36-37,42-45,47,64-65,67,71,77-78H,6,14-16,18-19,21-25,28-31,34-35H2,1-5H3,(H,70,80)/t36-,37?,42?,43?,44?,45?,47?,62+/m0/s1. The molecule has 20 heteroatoms. The van der Waals surface area contributed by atoms with Crippen LogP contribution in [-0.4, -0.2) is 140 Å². The number of nitrogens with one attached hydrogen (secondary N) is 5. The molecule has 8 atom stereocenters. The Balaban J connectivity index is 0.717. The average molecular weight is 1120 g/mol. The number of aliphatic hydroxyl groups excluding tert-OH is 1. The van der Waals surface area contributed by atoms with Crippen LogP contribution in [-0.2, 0) is 28.5 Å². The molecule has 0 aliphatic carbocycles. The topological polar surface area (TPSA) is 233 Å². The molecule has 4 aromatic heterocycles. The maximum atomic E-state index is 17.3. The first-order valence-electron chi connectivity index (χ1n) is 29.4. The lowest BCUT2D eigenvalue weighted by molar-refractivity contribution is -0.138. The summed E-state index contributed by atoms with van der Waals surface area (Å²) in [5.74, 6) is 0.245. The first-order valence-corrected chi connectivity index (χ1v) is 29.4. The molecule has 5 saturated heterocycles. The van der Waals surface area contributed by atoms with Crippen molar-refractivity contribution in [2.24, 2.45) is 13.0 Å². The summed E-state index contributed by atoms with van der Waals surface area (Å²) in [6.45, 7) is 12.9. The number of hydrogen-bond acceptors (Lipinski definition) is 17. The number of phenols is 1. The highest BCUT2D eigenvalue weighted by molar-refractivity contribution is 6.11. The van der Waals surface area contributed by atoms with Crippen molar-refractivity contribution in [2.45, 2.75) is 133 Å². The van der Waals surface area contributed by atoms with E-state index in [1.54, 1.807) is 35.4 Å². The molecular formula is C62H76FN13O6. The predicted octanol–water partition coefficient (Wildman–Crippen LogP) is 6.79. The highest BCUT2D eigenvalue weighted by atomic mass is 19.1. The number of hydrogen-bond donors (Lipinski definition) is 7. The molecule has 5 aliphatic heterocycles. The molecule has 0 radical (unpaired) electrons. The summed E-state index contributed by atoms with van der Waals surface area (Å²) in [7, 11) is 1.89. The summed E-state index contributed by atoms with van der Waals surface area (Å²) in [5.41, 5.74) is 2.99. The number of piperidine rings is 1. The van der Waals surface area contributed by atoms with E-state index in [9.17, 15) is 19.8 Å². The van der Waals surface area contributed by atoms with E-state index in [0.29, 0.717) is 53.6 Å². The molecule has 2 bridgehead atoms. The van der Waals surface area contributed by atoms with Crippen molar-refractivity contribution in [3.05, 3.63) is 102 Å². The minimum absolute atomic E-state index is 0.0311. The number of pyridine rings is 1. The number of β-amino-alcohol motifs (C(OH)–C–C–N with tert-alkyl or cyclic N) is 1. The summed E-state index contributed by atoms with van der Waals surface area (Å²) in [6, 6.07) is 19.7. The number of amides is 1. The molecular weight excluding hydrogens is 1040 g/mol. The van der Waals surface area contributed by atoms with Crippen molar-refractivity contribution in [1.29, 1.82) is 0 Å². The van der Waals surface area contributed by atoms with E-state index in [4.69, 9.17) is 24.2 Å². The largest absolute Gasteiger partial charge is 0.508 e. The van der Waals surface area contributed by atoms with Crippen LogP contribution in [0.5, 0.6) is 11.8 Å². The van der Waals surface area contributed by atoms with E-state index in [0.717, 1.165) is 117 Å². The number of carbonyl (C=O) groups is 2. The number of halogens is 1. The number of piperazine rings is 2. The van der Waals surface area contributed by atoms with E-state index in [2.05, 4.69) is 53.6 Å². The molecule has 82 heavy (non-hydrogen) atoms. The second kappa shape index (κ2) is 22.9. The number of benzene rings is 3. The van der Waals surface area contributed by atoms with Crippen LogP contribution in [0.1, 0.15) is 102 Å². The van der Waals surface area contributed by atoms with Crippen LogP contribution >= 0.6 is 0 Å². The Bertz CT molecular complexity index is 3470. The van der Waals surface area contributed by atoms with Gasteiger partial charge in [0.25, 0.3) is 0 Å². The SMILES string of the molecule is CCc1cccc2cc(O)cc(-c3ncc4c(N5CC6CCC(C5)N6)nc(OCCC5CC(CC6CNCCN6c6cnoc6C(C)(C)CC(=O)[C@@]6(C(=O)N[C@@H](C)c7ccc(-c8ccnn8C)cc7)CC(O)CN6)CCN5)nc4c3F)c12. The Kier molecular flexibility index (Phi) is 15.5. The summed E-state index contributed by atoms with van der Waals surface area (Å²) in [4.78, 5) is 48.1. The van der Waals surface area contributed by atoms with Gasteiger partial charge in [-0.25, -0.2) is 4.39 Å². The van der Waals surface area contributed by atoms with Crippen LogP contribution in [0.15, 0.2) is 83.8 Å². The monoisotopic (exact) mass is 1120 g/mol. The van der Waals surface area contributed by atoms with Crippen molar-refractivity contribution in [1.82, 2.24) is 56.5 Å². The van der Waals surface area contributed by atoms with Gasteiger partial charge in [0.1, 0.15) is 28.5 Å². The molecule has 9 heterocycles. The van der Waals surface area contributed by atoms with Crippen LogP contribution in [0.3, 0.4) is 0 Å². The zero-order chi connectivity index (χ0) is 56.9. The molecule has 7 aromatic rings. The van der Waals surface area contributed by atoms with Gasteiger partial charge >= 0.3 is 6.01 Å². The number of ketones is 1. The maximum absolute atomic E-state index is 17.3. The van der Waals surface area contributed by atoms with Crippen LogP contribution in [0, 0.1) is 11.7 Å². The number of fused-ring (bicyclic) bond motifs is 4. The Morgan fingerprint density at radius 1 is 1.02 bits per heavy atom. The molecule has 5 fully saturated rings. The fourth-order valence-corrected chi connectivity index (χ4v) is 13.8. The summed E-state index contributed by atoms with van der Waals surface area (Å²) in [6.07, 6.45) is 10.7. The smallest absolute Gasteiger partial charge is 0.319 e. The predicted molar refractivity (Wildman–Crippen MR) is 312 cm³/mol. The first kappa shape index (κ1) is 55.4. The number of anilines is 2. The molecule has 0 spiro atoms. The lowest BCUT2D eigenvalue weighted by atomic mass is 9.77. The third-order valence-electron chi connectivity index (χ3n) is 18.1. The molecule has 12 rings (SSSR count). The van der Waals surface area contributed by atoms with Crippen LogP contribution in [0.2, 0.25) is 0 Å². The lowest BCUT2D eigenvalue weighted by Crippen LogP contribution is -2.60. The lowest BCUT2D eigenvalue weighted by Gasteiger charge is -2.41. The van der Waals surface area contributed by atoms with Gasteiger partial charge in [0.15, 0.2) is 22.9 Å². The summed E-state index contributed by atoms with van der Waals surface area (Å²) in [5, 5.41) is 49.7. The van der Waals surface area contributed by atoms with Crippen LogP contribution < -0.4 is 41.1 Å². The molecule has 19 nitrogen and oxygen atoms in total. The zero-order valence-corrected chi connectivity index (χ0v) is 47.6. The van der Waals surface area contributed by atoms with Crippen LogP contribution in [0.4, 0.5) is 15.9 Å². The molecule has 6 unspecified atom stereocenters. The number of aryl methyl sites for hydroxylation is 2. The minimum Gasteiger partial charge on any atom is -0.508 e. The van der Waals surface area contributed by atoms with Gasteiger partial charge in [-0.3, -0.25) is 24.6 Å². The van der Waals surface area contributed by atoms with Gasteiger partial charge in [-0.05, 0) is 110 Å². The molecule has 3 aromatic carbocycles. The fourth-order valence-electron chi connectivity index (χ4n) is 13.8. The third kappa shape index (κ3) is 10.9. The van der Waals surface area contributed by atoms with Gasteiger partial charge in [0, 0.05) is 107 Å². The van der Waals surface area contributed by atoms with E-state index < -0.39 is 34.8 Å². The number of ether oxygens (including phenoxy) is 1. The number of aromatic nitrogens is 6. The first-order chi connectivity index (χ1) is 39.6. The number of nitrogens with zero attached hydrogens (tertiary/aromatic N) is 8. The zero-order valence-electron chi connectivity index (χ0n) is 47.6. The normalized spacial score (nSPS) is 24.3. The third-order valence-corrected chi connectivity index (χ3v) is 18.1. The van der Waals surface area contributed by atoms with Gasteiger partial charge in [0.2, 0.25) is 5.91 Å². The summed E-state index contributed by atoms with van der Waals surface area (Å²) >= 11 is 0. The Hall–Kier alpha value is -7.10. The number of aromatic hydroxyl groups is 1.